The van der Waals surface area contributed by atoms with Crippen LogP contribution in [-0.4, -0.2) is 33.2 Å². The number of nitriles is 1. The molecule has 20 heavy (non-hydrogen) atoms. The van der Waals surface area contributed by atoms with Crippen LogP contribution < -0.4 is 10.0 Å². The number of pyridine rings is 1. The number of rotatable bonds is 4. The van der Waals surface area contributed by atoms with E-state index in [1.165, 1.54) is 23.4 Å². The number of aromatic nitrogens is 1. The SMILES string of the molecule is N#CN(CC1CCOCC1)c1cncc(S(N)(=O)=O)c1. The third kappa shape index (κ3) is 3.66. The molecule has 108 valence electrons. The maximum absolute atomic E-state index is 11.3. The Hall–Kier alpha value is -1.69. The molecule has 0 aliphatic carbocycles. The van der Waals surface area contributed by atoms with Crippen molar-refractivity contribution in [1.29, 1.82) is 5.26 Å². The highest BCUT2D eigenvalue weighted by Crippen LogP contribution is 2.21. The van der Waals surface area contributed by atoms with Gasteiger partial charge in [-0.15, -0.1) is 0 Å². The first-order valence-corrected chi connectivity index (χ1v) is 7.78. The molecule has 1 aliphatic rings. The zero-order valence-electron chi connectivity index (χ0n) is 10.9. The van der Waals surface area contributed by atoms with E-state index in [1.54, 1.807) is 0 Å². The number of ether oxygens (including phenoxy) is 1. The van der Waals surface area contributed by atoms with E-state index in [-0.39, 0.29) is 4.90 Å². The fourth-order valence-electron chi connectivity index (χ4n) is 2.10. The summed E-state index contributed by atoms with van der Waals surface area (Å²) >= 11 is 0. The second-order valence-electron chi connectivity index (χ2n) is 4.69. The van der Waals surface area contributed by atoms with Gasteiger partial charge in [0.1, 0.15) is 4.90 Å². The van der Waals surface area contributed by atoms with E-state index in [9.17, 15) is 13.7 Å². The van der Waals surface area contributed by atoms with E-state index in [4.69, 9.17) is 9.88 Å². The van der Waals surface area contributed by atoms with Crippen molar-refractivity contribution in [2.24, 2.45) is 11.1 Å². The summed E-state index contributed by atoms with van der Waals surface area (Å²) in [6.45, 7) is 1.91. The van der Waals surface area contributed by atoms with Crippen molar-refractivity contribution in [3.05, 3.63) is 18.5 Å². The van der Waals surface area contributed by atoms with Crippen molar-refractivity contribution in [2.75, 3.05) is 24.7 Å². The molecule has 0 unspecified atom stereocenters. The Morgan fingerprint density at radius 1 is 1.45 bits per heavy atom. The van der Waals surface area contributed by atoms with Gasteiger partial charge in [0.15, 0.2) is 6.19 Å². The Morgan fingerprint density at radius 2 is 2.15 bits per heavy atom. The maximum atomic E-state index is 11.3. The highest BCUT2D eigenvalue weighted by molar-refractivity contribution is 7.89. The zero-order chi connectivity index (χ0) is 14.6. The summed E-state index contributed by atoms with van der Waals surface area (Å²) in [7, 11) is -3.82. The third-order valence-corrected chi connectivity index (χ3v) is 4.12. The van der Waals surface area contributed by atoms with Crippen LogP contribution in [0.5, 0.6) is 0 Å². The average molecular weight is 296 g/mol. The van der Waals surface area contributed by atoms with E-state index in [0.29, 0.717) is 31.4 Å². The predicted octanol–water partition coefficient (Wildman–Crippen LogP) is 0.443. The zero-order valence-corrected chi connectivity index (χ0v) is 11.7. The first-order chi connectivity index (χ1) is 9.50. The molecular formula is C12H16N4O3S. The molecule has 1 fully saturated rings. The molecule has 2 rings (SSSR count). The van der Waals surface area contributed by atoms with Gasteiger partial charge in [-0.2, -0.15) is 5.26 Å². The number of sulfonamides is 1. The standard InChI is InChI=1S/C12H16N4O3S/c13-9-16(8-10-1-3-19-4-2-10)11-5-12(7-15-6-11)20(14,17)18/h5-7,10H,1-4,8H2,(H2,14,17,18). The number of primary sulfonamides is 1. The fraction of sp³-hybridized carbons (Fsp3) is 0.500. The molecule has 1 aromatic rings. The molecule has 0 bridgehead atoms. The lowest BCUT2D eigenvalue weighted by molar-refractivity contribution is 0.0688. The summed E-state index contributed by atoms with van der Waals surface area (Å²) in [6.07, 6.45) is 6.46. The molecule has 0 amide bonds. The van der Waals surface area contributed by atoms with Crippen molar-refractivity contribution in [3.63, 3.8) is 0 Å². The summed E-state index contributed by atoms with van der Waals surface area (Å²) in [5.41, 5.74) is 0.436. The summed E-state index contributed by atoms with van der Waals surface area (Å²) in [6, 6.07) is 1.37. The van der Waals surface area contributed by atoms with Crippen molar-refractivity contribution < 1.29 is 13.2 Å². The van der Waals surface area contributed by atoms with E-state index in [1.807, 2.05) is 0 Å². The number of nitrogens with zero attached hydrogens (tertiary/aromatic N) is 3. The monoisotopic (exact) mass is 296 g/mol. The Labute approximate surface area is 118 Å². The quantitative estimate of drug-likeness (QED) is 0.638. The minimum Gasteiger partial charge on any atom is -0.381 e. The van der Waals surface area contributed by atoms with Gasteiger partial charge in [0.05, 0.1) is 11.9 Å². The van der Waals surface area contributed by atoms with Gasteiger partial charge in [-0.05, 0) is 24.8 Å². The van der Waals surface area contributed by atoms with Gasteiger partial charge in [-0.25, -0.2) is 13.6 Å². The minimum absolute atomic E-state index is 0.0952. The molecule has 2 N–H and O–H groups in total. The van der Waals surface area contributed by atoms with E-state index in [0.717, 1.165) is 12.8 Å². The van der Waals surface area contributed by atoms with Crippen LogP contribution >= 0.6 is 0 Å². The van der Waals surface area contributed by atoms with Gasteiger partial charge >= 0.3 is 0 Å². The van der Waals surface area contributed by atoms with Crippen LogP contribution in [0.4, 0.5) is 5.69 Å². The summed E-state index contributed by atoms with van der Waals surface area (Å²) in [4.78, 5) is 5.18. The van der Waals surface area contributed by atoms with Crippen LogP contribution in [0.15, 0.2) is 23.4 Å². The van der Waals surface area contributed by atoms with E-state index < -0.39 is 10.0 Å². The smallest absolute Gasteiger partial charge is 0.239 e. The van der Waals surface area contributed by atoms with Crippen molar-refractivity contribution >= 4 is 15.7 Å². The van der Waals surface area contributed by atoms with Crippen LogP contribution in [0, 0.1) is 17.4 Å². The molecular weight excluding hydrogens is 280 g/mol. The number of nitrogens with two attached hydrogens (primary N) is 1. The normalized spacial score (nSPS) is 16.6. The molecule has 1 aliphatic heterocycles. The molecule has 0 saturated carbocycles. The Bertz CT molecular complexity index is 605. The second-order valence-corrected chi connectivity index (χ2v) is 6.25. The molecule has 8 heteroatoms. The first kappa shape index (κ1) is 14.7. The van der Waals surface area contributed by atoms with Crippen molar-refractivity contribution in [1.82, 2.24) is 4.98 Å². The second kappa shape index (κ2) is 6.17. The molecule has 0 aromatic carbocycles. The van der Waals surface area contributed by atoms with Gasteiger partial charge in [-0.1, -0.05) is 0 Å². The van der Waals surface area contributed by atoms with Crippen LogP contribution in [0.2, 0.25) is 0 Å². The van der Waals surface area contributed by atoms with Crippen LogP contribution in [0.1, 0.15) is 12.8 Å². The van der Waals surface area contributed by atoms with Gasteiger partial charge in [0, 0.05) is 26.0 Å². The lowest BCUT2D eigenvalue weighted by atomic mass is 10.00. The van der Waals surface area contributed by atoms with Crippen molar-refractivity contribution in [2.45, 2.75) is 17.7 Å². The van der Waals surface area contributed by atoms with Crippen LogP contribution in [-0.2, 0) is 14.8 Å². The topological polar surface area (TPSA) is 109 Å². The van der Waals surface area contributed by atoms with Crippen LogP contribution in [0.25, 0.3) is 0 Å². The molecule has 0 radical (unpaired) electrons. The van der Waals surface area contributed by atoms with Crippen molar-refractivity contribution in [3.8, 4) is 6.19 Å². The molecule has 2 heterocycles. The summed E-state index contributed by atoms with van der Waals surface area (Å²) in [5, 5.41) is 14.3. The molecule has 0 spiro atoms. The Kier molecular flexibility index (Phi) is 4.54. The average Bonchev–Trinajstić information content (AvgIpc) is 2.45. The largest absolute Gasteiger partial charge is 0.381 e. The maximum Gasteiger partial charge on any atom is 0.239 e. The van der Waals surface area contributed by atoms with Crippen LogP contribution in [0.3, 0.4) is 0 Å². The van der Waals surface area contributed by atoms with Gasteiger partial charge in [0.2, 0.25) is 10.0 Å². The van der Waals surface area contributed by atoms with Gasteiger partial charge < -0.3 is 4.74 Å². The summed E-state index contributed by atoms with van der Waals surface area (Å²) in [5.74, 6) is 0.349. The number of hydrogen-bond acceptors (Lipinski definition) is 6. The third-order valence-electron chi connectivity index (χ3n) is 3.24. The molecule has 7 nitrogen and oxygen atoms in total. The Balaban J connectivity index is 2.17. The minimum atomic E-state index is -3.82. The van der Waals surface area contributed by atoms with Gasteiger partial charge in [-0.3, -0.25) is 9.88 Å². The highest BCUT2D eigenvalue weighted by Gasteiger charge is 2.19. The lowest BCUT2D eigenvalue weighted by Crippen LogP contribution is -2.29. The highest BCUT2D eigenvalue weighted by atomic mass is 32.2. The number of hydrogen-bond donors (Lipinski definition) is 1. The molecule has 1 saturated heterocycles. The fourth-order valence-corrected chi connectivity index (χ4v) is 2.59. The lowest BCUT2D eigenvalue weighted by Gasteiger charge is -2.26. The van der Waals surface area contributed by atoms with Gasteiger partial charge in [0.25, 0.3) is 0 Å². The molecule has 0 atom stereocenters. The number of anilines is 1. The first-order valence-electron chi connectivity index (χ1n) is 6.23. The Morgan fingerprint density at radius 3 is 2.75 bits per heavy atom. The predicted molar refractivity (Wildman–Crippen MR) is 72.1 cm³/mol. The summed E-state index contributed by atoms with van der Waals surface area (Å²) < 4.78 is 27.9. The van der Waals surface area contributed by atoms with E-state index in [2.05, 4.69) is 11.2 Å². The molecule has 1 aromatic heterocycles. The van der Waals surface area contributed by atoms with E-state index >= 15 is 0 Å².